The number of rotatable bonds is 5. The molecule has 0 atom stereocenters. The Hall–Kier alpha value is -2.47. The van der Waals surface area contributed by atoms with Crippen molar-refractivity contribution in [1.82, 2.24) is 9.97 Å². The van der Waals surface area contributed by atoms with Crippen LogP contribution in [-0.2, 0) is 17.8 Å². The number of fused-ring (bicyclic) bond motifs is 1. The molecule has 4 rings (SSSR count). The fourth-order valence-corrected chi connectivity index (χ4v) is 4.73. The molecular weight excluding hydrogens is 425 g/mol. The molecule has 29 heavy (non-hydrogen) atoms. The molecule has 2 aromatic carbocycles. The van der Waals surface area contributed by atoms with E-state index in [9.17, 15) is 4.79 Å². The number of aryl methyl sites for hydroxylation is 1. The highest BCUT2D eigenvalue weighted by atomic mass is 35.5. The monoisotopic (exact) mass is 441 g/mol. The minimum Gasteiger partial charge on any atom is -0.283 e. The number of aromatic nitrogens is 2. The highest BCUT2D eigenvalue weighted by Crippen LogP contribution is 2.34. The summed E-state index contributed by atoms with van der Waals surface area (Å²) >= 11 is 13.9. The molecule has 0 N–H and O–H groups in total. The van der Waals surface area contributed by atoms with Gasteiger partial charge in [-0.3, -0.25) is 14.7 Å². The molecule has 2 heterocycles. The van der Waals surface area contributed by atoms with E-state index < -0.39 is 0 Å². The smallest absolute Gasteiger partial charge is 0.233 e. The van der Waals surface area contributed by atoms with Gasteiger partial charge in [0.05, 0.1) is 23.2 Å². The number of hydrogen-bond acceptors (Lipinski definition) is 4. The van der Waals surface area contributed by atoms with Crippen LogP contribution in [0.2, 0.25) is 10.0 Å². The van der Waals surface area contributed by atoms with Crippen LogP contribution in [0.3, 0.4) is 0 Å². The van der Waals surface area contributed by atoms with E-state index in [-0.39, 0.29) is 12.3 Å². The molecule has 146 valence electrons. The minimum atomic E-state index is -0.0789. The number of benzene rings is 2. The van der Waals surface area contributed by atoms with Gasteiger partial charge in [0.2, 0.25) is 5.91 Å². The van der Waals surface area contributed by atoms with E-state index in [1.165, 1.54) is 11.3 Å². The number of thiazole rings is 1. The summed E-state index contributed by atoms with van der Waals surface area (Å²) in [7, 11) is 0. The molecule has 7 heteroatoms. The molecule has 4 aromatic rings. The average Bonchev–Trinajstić information content (AvgIpc) is 3.12. The van der Waals surface area contributed by atoms with Crippen LogP contribution in [0.5, 0.6) is 0 Å². The Labute approximate surface area is 182 Å². The van der Waals surface area contributed by atoms with Crippen LogP contribution in [0, 0.1) is 6.92 Å². The lowest BCUT2D eigenvalue weighted by atomic mass is 10.1. The van der Waals surface area contributed by atoms with Gasteiger partial charge in [0, 0.05) is 22.4 Å². The summed E-state index contributed by atoms with van der Waals surface area (Å²) in [5, 5.41) is 1.87. The van der Waals surface area contributed by atoms with E-state index in [1.807, 2.05) is 49.4 Å². The molecule has 0 spiro atoms. The molecule has 2 aromatic heterocycles. The van der Waals surface area contributed by atoms with Crippen LogP contribution in [0.25, 0.3) is 10.2 Å². The predicted octanol–water partition coefficient (Wildman–Crippen LogP) is 6.08. The Bertz CT molecular complexity index is 1180. The van der Waals surface area contributed by atoms with Crippen molar-refractivity contribution >= 4 is 55.8 Å². The van der Waals surface area contributed by atoms with Crippen molar-refractivity contribution in [2.75, 3.05) is 4.90 Å². The van der Waals surface area contributed by atoms with Gasteiger partial charge in [0.25, 0.3) is 0 Å². The maximum atomic E-state index is 13.3. The Morgan fingerprint density at radius 2 is 1.97 bits per heavy atom. The van der Waals surface area contributed by atoms with E-state index in [4.69, 9.17) is 28.2 Å². The maximum Gasteiger partial charge on any atom is 0.233 e. The number of nitrogens with zero attached hydrogens (tertiary/aromatic N) is 3. The first-order chi connectivity index (χ1) is 14.0. The molecule has 0 fully saturated rings. The predicted molar refractivity (Wildman–Crippen MR) is 120 cm³/mol. The zero-order valence-corrected chi connectivity index (χ0v) is 17.9. The van der Waals surface area contributed by atoms with Gasteiger partial charge in [0.15, 0.2) is 5.13 Å². The van der Waals surface area contributed by atoms with Crippen LogP contribution in [0.4, 0.5) is 5.13 Å². The van der Waals surface area contributed by atoms with Gasteiger partial charge >= 0.3 is 0 Å². The summed E-state index contributed by atoms with van der Waals surface area (Å²) in [6.45, 7) is 2.35. The summed E-state index contributed by atoms with van der Waals surface area (Å²) < 4.78 is 0.951. The Morgan fingerprint density at radius 1 is 1.14 bits per heavy atom. The molecular formula is C22H17Cl2N3OS. The first kappa shape index (κ1) is 19.8. The largest absolute Gasteiger partial charge is 0.283 e. The second-order valence-electron chi connectivity index (χ2n) is 6.68. The van der Waals surface area contributed by atoms with Crippen LogP contribution in [0.1, 0.15) is 16.7 Å². The van der Waals surface area contributed by atoms with Gasteiger partial charge in [-0.15, -0.1) is 0 Å². The second kappa shape index (κ2) is 8.49. The minimum absolute atomic E-state index is 0.0789. The van der Waals surface area contributed by atoms with Crippen molar-refractivity contribution in [2.45, 2.75) is 19.9 Å². The van der Waals surface area contributed by atoms with Gasteiger partial charge < -0.3 is 0 Å². The first-order valence-corrected chi connectivity index (χ1v) is 10.6. The molecule has 4 nitrogen and oxygen atoms in total. The van der Waals surface area contributed by atoms with Crippen molar-refractivity contribution in [3.8, 4) is 0 Å². The molecule has 0 bridgehead atoms. The van der Waals surface area contributed by atoms with Crippen molar-refractivity contribution in [2.24, 2.45) is 0 Å². The lowest BCUT2D eigenvalue weighted by molar-refractivity contribution is -0.118. The van der Waals surface area contributed by atoms with Crippen LogP contribution >= 0.6 is 34.5 Å². The zero-order chi connectivity index (χ0) is 20.4. The van der Waals surface area contributed by atoms with Crippen molar-refractivity contribution in [3.05, 3.63) is 87.7 Å². The van der Waals surface area contributed by atoms with Crippen LogP contribution in [0.15, 0.2) is 60.9 Å². The van der Waals surface area contributed by atoms with Crippen LogP contribution in [-0.4, -0.2) is 15.9 Å². The molecule has 0 radical (unpaired) electrons. The standard InChI is InChI=1S/C22H17Cl2N3OS/c1-14-9-17(23)11-19-21(14)26-22(29-19)27(13-15-5-4-8-25-12-15)20(28)10-16-6-2-3-7-18(16)24/h2-9,11-12H,10,13H2,1H3. The fourth-order valence-electron chi connectivity index (χ4n) is 3.09. The maximum absolute atomic E-state index is 13.3. The fraction of sp³-hybridized carbons (Fsp3) is 0.136. The van der Waals surface area contributed by atoms with E-state index in [2.05, 4.69) is 4.98 Å². The summed E-state index contributed by atoms with van der Waals surface area (Å²) in [6, 6.07) is 14.9. The number of anilines is 1. The van der Waals surface area contributed by atoms with Crippen molar-refractivity contribution in [1.29, 1.82) is 0 Å². The third-order valence-corrected chi connectivity index (χ3v) is 6.15. The SMILES string of the molecule is Cc1cc(Cl)cc2sc(N(Cc3cccnc3)C(=O)Cc3ccccc3Cl)nc12. The highest BCUT2D eigenvalue weighted by molar-refractivity contribution is 7.22. The van der Waals surface area contributed by atoms with Gasteiger partial charge in [-0.05, 0) is 47.9 Å². The van der Waals surface area contributed by atoms with Crippen LogP contribution < -0.4 is 4.90 Å². The summed E-state index contributed by atoms with van der Waals surface area (Å²) in [6.07, 6.45) is 3.66. The third kappa shape index (κ3) is 4.42. The van der Waals surface area contributed by atoms with E-state index in [1.54, 1.807) is 23.4 Å². The number of pyridine rings is 1. The topological polar surface area (TPSA) is 46.1 Å². The Morgan fingerprint density at radius 3 is 2.72 bits per heavy atom. The van der Waals surface area contributed by atoms with Crippen molar-refractivity contribution < 1.29 is 4.79 Å². The lowest BCUT2D eigenvalue weighted by Crippen LogP contribution is -2.31. The molecule has 1 amide bonds. The number of carbonyl (C=O) groups is 1. The van der Waals surface area contributed by atoms with Gasteiger partial charge in [0.1, 0.15) is 0 Å². The lowest BCUT2D eigenvalue weighted by Gasteiger charge is -2.20. The molecule has 0 saturated carbocycles. The molecule has 0 aliphatic rings. The zero-order valence-electron chi connectivity index (χ0n) is 15.6. The summed E-state index contributed by atoms with van der Waals surface area (Å²) in [5.74, 6) is -0.0789. The quantitative estimate of drug-likeness (QED) is 0.376. The summed E-state index contributed by atoms with van der Waals surface area (Å²) in [4.78, 5) is 23.9. The van der Waals surface area contributed by atoms with E-state index >= 15 is 0 Å². The number of amides is 1. The number of halogens is 2. The van der Waals surface area contributed by atoms with Gasteiger partial charge in [-0.1, -0.05) is 58.8 Å². The Balaban J connectivity index is 1.73. The van der Waals surface area contributed by atoms with E-state index in [0.29, 0.717) is 21.7 Å². The summed E-state index contributed by atoms with van der Waals surface area (Å²) in [5.41, 5.74) is 3.55. The number of carbonyl (C=O) groups excluding carboxylic acids is 1. The highest BCUT2D eigenvalue weighted by Gasteiger charge is 2.22. The Kier molecular flexibility index (Phi) is 5.81. The molecule has 0 aliphatic heterocycles. The number of hydrogen-bond donors (Lipinski definition) is 0. The normalized spacial score (nSPS) is 11.0. The molecule has 0 aliphatic carbocycles. The first-order valence-electron chi connectivity index (χ1n) is 9.00. The van der Waals surface area contributed by atoms with Gasteiger partial charge in [-0.25, -0.2) is 4.98 Å². The van der Waals surface area contributed by atoms with Gasteiger partial charge in [-0.2, -0.15) is 0 Å². The average molecular weight is 442 g/mol. The molecule has 0 saturated heterocycles. The van der Waals surface area contributed by atoms with Crippen molar-refractivity contribution in [3.63, 3.8) is 0 Å². The van der Waals surface area contributed by atoms with E-state index in [0.717, 1.165) is 26.9 Å². The molecule has 0 unspecified atom stereocenters. The third-order valence-electron chi connectivity index (χ3n) is 4.53. The second-order valence-corrected chi connectivity index (χ2v) is 8.53.